The van der Waals surface area contributed by atoms with Gasteiger partial charge in [0.1, 0.15) is 0 Å². The van der Waals surface area contributed by atoms with Crippen molar-refractivity contribution < 1.29 is 9.59 Å². The molecule has 2 N–H and O–H groups in total. The van der Waals surface area contributed by atoms with Crippen LogP contribution in [-0.2, 0) is 9.59 Å². The van der Waals surface area contributed by atoms with E-state index in [9.17, 15) is 9.59 Å². The van der Waals surface area contributed by atoms with Gasteiger partial charge in [-0.05, 0) is 44.0 Å². The van der Waals surface area contributed by atoms with Crippen molar-refractivity contribution >= 4 is 35.6 Å². The molecular formula is C16H22ClN3O2. The standard InChI is InChI=1S/C16H21N3O2.ClH/c20-15-6-1-2-9-19(15)14-5-3-4-13(10-14)18-16(21)12-7-8-17-11-12;/h3-5,10,12,17H,1-2,6-9,11H2,(H,18,21);1H. The van der Waals surface area contributed by atoms with Gasteiger partial charge in [-0.1, -0.05) is 6.07 Å². The summed E-state index contributed by atoms with van der Waals surface area (Å²) in [6, 6.07) is 7.58. The van der Waals surface area contributed by atoms with Crippen molar-refractivity contribution in [3.05, 3.63) is 24.3 Å². The van der Waals surface area contributed by atoms with E-state index in [0.717, 1.165) is 50.3 Å². The van der Waals surface area contributed by atoms with Crippen molar-refractivity contribution in [2.45, 2.75) is 25.7 Å². The number of amides is 2. The first-order valence-corrected chi connectivity index (χ1v) is 7.66. The summed E-state index contributed by atoms with van der Waals surface area (Å²) < 4.78 is 0. The number of nitrogens with zero attached hydrogens (tertiary/aromatic N) is 1. The van der Waals surface area contributed by atoms with Crippen molar-refractivity contribution in [3.63, 3.8) is 0 Å². The number of nitrogens with one attached hydrogen (secondary N) is 2. The minimum Gasteiger partial charge on any atom is -0.326 e. The summed E-state index contributed by atoms with van der Waals surface area (Å²) in [6.07, 6.45) is 3.51. The number of carbonyl (C=O) groups excluding carboxylic acids is 2. The molecule has 2 heterocycles. The molecule has 0 saturated carbocycles. The fourth-order valence-electron chi connectivity index (χ4n) is 2.95. The fourth-order valence-corrected chi connectivity index (χ4v) is 2.95. The third kappa shape index (κ3) is 3.78. The molecule has 1 aromatic carbocycles. The smallest absolute Gasteiger partial charge is 0.228 e. The first-order valence-electron chi connectivity index (χ1n) is 7.66. The van der Waals surface area contributed by atoms with E-state index >= 15 is 0 Å². The van der Waals surface area contributed by atoms with E-state index in [1.807, 2.05) is 29.2 Å². The molecule has 0 spiro atoms. The summed E-state index contributed by atoms with van der Waals surface area (Å²) in [5.41, 5.74) is 1.64. The van der Waals surface area contributed by atoms with Crippen LogP contribution in [0.25, 0.3) is 0 Å². The highest BCUT2D eigenvalue weighted by Crippen LogP contribution is 2.24. The number of benzene rings is 1. The zero-order valence-corrected chi connectivity index (χ0v) is 13.3. The number of hydrogen-bond acceptors (Lipinski definition) is 3. The third-order valence-corrected chi connectivity index (χ3v) is 4.18. The van der Waals surface area contributed by atoms with Gasteiger partial charge in [0.05, 0.1) is 5.92 Å². The third-order valence-electron chi connectivity index (χ3n) is 4.18. The maximum Gasteiger partial charge on any atom is 0.228 e. The number of carbonyl (C=O) groups is 2. The Balaban J connectivity index is 0.00000176. The summed E-state index contributed by atoms with van der Waals surface area (Å²) in [7, 11) is 0. The van der Waals surface area contributed by atoms with Gasteiger partial charge in [-0.2, -0.15) is 0 Å². The van der Waals surface area contributed by atoms with Crippen molar-refractivity contribution in [3.8, 4) is 0 Å². The molecule has 2 saturated heterocycles. The van der Waals surface area contributed by atoms with Crippen molar-refractivity contribution in [2.24, 2.45) is 5.92 Å². The van der Waals surface area contributed by atoms with Gasteiger partial charge in [-0.15, -0.1) is 12.4 Å². The molecule has 2 aliphatic rings. The molecule has 1 aromatic rings. The van der Waals surface area contributed by atoms with Crippen LogP contribution in [0, 0.1) is 5.92 Å². The number of hydrogen-bond donors (Lipinski definition) is 2. The Morgan fingerprint density at radius 2 is 2.18 bits per heavy atom. The first-order chi connectivity index (χ1) is 10.2. The van der Waals surface area contributed by atoms with Gasteiger partial charge in [-0.25, -0.2) is 0 Å². The van der Waals surface area contributed by atoms with Crippen LogP contribution in [0.2, 0.25) is 0 Å². The van der Waals surface area contributed by atoms with E-state index in [2.05, 4.69) is 10.6 Å². The Kier molecular flexibility index (Phi) is 5.80. The van der Waals surface area contributed by atoms with Crippen LogP contribution in [-0.4, -0.2) is 31.4 Å². The average molecular weight is 324 g/mol. The van der Waals surface area contributed by atoms with Gasteiger partial charge in [-0.3, -0.25) is 9.59 Å². The molecule has 5 nitrogen and oxygen atoms in total. The summed E-state index contributed by atoms with van der Waals surface area (Å²) in [6.45, 7) is 2.42. The van der Waals surface area contributed by atoms with Gasteiger partial charge >= 0.3 is 0 Å². The van der Waals surface area contributed by atoms with Crippen LogP contribution in [0.3, 0.4) is 0 Å². The van der Waals surface area contributed by atoms with E-state index in [-0.39, 0.29) is 30.1 Å². The van der Waals surface area contributed by atoms with Gasteiger partial charge < -0.3 is 15.5 Å². The van der Waals surface area contributed by atoms with Gasteiger partial charge in [0.25, 0.3) is 0 Å². The van der Waals surface area contributed by atoms with Crippen LogP contribution in [0.1, 0.15) is 25.7 Å². The van der Waals surface area contributed by atoms with Gasteiger partial charge in [0.15, 0.2) is 0 Å². The average Bonchev–Trinajstić information content (AvgIpc) is 3.02. The number of anilines is 2. The fraction of sp³-hybridized carbons (Fsp3) is 0.500. The summed E-state index contributed by atoms with van der Waals surface area (Å²) in [4.78, 5) is 25.9. The lowest BCUT2D eigenvalue weighted by molar-refractivity contribution is -0.120. The molecule has 120 valence electrons. The molecule has 6 heteroatoms. The molecule has 0 aromatic heterocycles. The quantitative estimate of drug-likeness (QED) is 0.896. The summed E-state index contributed by atoms with van der Waals surface area (Å²) in [5.74, 6) is 0.275. The van der Waals surface area contributed by atoms with Crippen molar-refractivity contribution in [1.29, 1.82) is 0 Å². The van der Waals surface area contributed by atoms with Crippen LogP contribution in [0.5, 0.6) is 0 Å². The minimum absolute atomic E-state index is 0. The van der Waals surface area contributed by atoms with Gasteiger partial charge in [0.2, 0.25) is 11.8 Å². The molecule has 1 unspecified atom stereocenters. The lowest BCUT2D eigenvalue weighted by atomic mass is 10.1. The first kappa shape index (κ1) is 16.8. The highest BCUT2D eigenvalue weighted by Gasteiger charge is 2.23. The molecule has 0 radical (unpaired) electrons. The van der Waals surface area contributed by atoms with Crippen LogP contribution < -0.4 is 15.5 Å². The SMILES string of the molecule is Cl.O=C(Nc1cccc(N2CCCCC2=O)c1)C1CCNC1. The Morgan fingerprint density at radius 3 is 2.91 bits per heavy atom. The Bertz CT molecular complexity index is 544. The van der Waals surface area contributed by atoms with Crippen LogP contribution >= 0.6 is 12.4 Å². The van der Waals surface area contributed by atoms with Crippen LogP contribution in [0.15, 0.2) is 24.3 Å². The lowest BCUT2D eigenvalue weighted by Gasteiger charge is -2.27. The highest BCUT2D eigenvalue weighted by atomic mass is 35.5. The lowest BCUT2D eigenvalue weighted by Crippen LogP contribution is -2.35. The predicted octanol–water partition coefficient (Wildman–Crippen LogP) is 2.17. The van der Waals surface area contributed by atoms with Gasteiger partial charge in [0, 0.05) is 30.9 Å². The van der Waals surface area contributed by atoms with Crippen molar-refractivity contribution in [1.82, 2.24) is 5.32 Å². The van der Waals surface area contributed by atoms with Crippen molar-refractivity contribution in [2.75, 3.05) is 29.9 Å². The monoisotopic (exact) mass is 323 g/mol. The zero-order chi connectivity index (χ0) is 14.7. The molecule has 0 bridgehead atoms. The molecule has 2 fully saturated rings. The van der Waals surface area contributed by atoms with Crippen LogP contribution in [0.4, 0.5) is 11.4 Å². The maximum absolute atomic E-state index is 12.1. The zero-order valence-electron chi connectivity index (χ0n) is 12.5. The Hall–Kier alpha value is -1.59. The molecular weight excluding hydrogens is 302 g/mol. The second kappa shape index (κ2) is 7.61. The van der Waals surface area contributed by atoms with E-state index in [1.54, 1.807) is 0 Å². The maximum atomic E-state index is 12.1. The molecule has 22 heavy (non-hydrogen) atoms. The predicted molar refractivity (Wildman–Crippen MR) is 89.5 cm³/mol. The summed E-state index contributed by atoms with van der Waals surface area (Å²) in [5, 5.41) is 6.16. The molecule has 0 aliphatic carbocycles. The molecule has 2 aliphatic heterocycles. The molecule has 2 amide bonds. The Labute approximate surface area is 136 Å². The number of halogens is 1. The Morgan fingerprint density at radius 1 is 1.32 bits per heavy atom. The molecule has 1 atom stereocenters. The second-order valence-corrected chi connectivity index (χ2v) is 5.73. The minimum atomic E-state index is 0. The topological polar surface area (TPSA) is 61.4 Å². The van der Waals surface area contributed by atoms with E-state index in [0.29, 0.717) is 6.42 Å². The largest absolute Gasteiger partial charge is 0.326 e. The number of piperidine rings is 1. The van der Waals surface area contributed by atoms with E-state index in [1.165, 1.54) is 0 Å². The van der Waals surface area contributed by atoms with E-state index in [4.69, 9.17) is 0 Å². The normalized spacial score (nSPS) is 21.4. The highest BCUT2D eigenvalue weighted by molar-refractivity contribution is 5.96. The summed E-state index contributed by atoms with van der Waals surface area (Å²) >= 11 is 0. The molecule has 3 rings (SSSR count). The van der Waals surface area contributed by atoms with E-state index < -0.39 is 0 Å². The second-order valence-electron chi connectivity index (χ2n) is 5.73. The number of rotatable bonds is 3.